The molecule has 1 atom stereocenters. The molecule has 0 fully saturated rings. The highest BCUT2D eigenvalue weighted by atomic mass is 32.1. The van der Waals surface area contributed by atoms with E-state index in [2.05, 4.69) is 22.1 Å². The molecule has 0 aliphatic rings. The van der Waals surface area contributed by atoms with Crippen LogP contribution in [0.4, 0.5) is 9.80 Å². The number of benzene rings is 1. The lowest BCUT2D eigenvalue weighted by Crippen LogP contribution is -2.32. The number of carbonyl (C=O) groups excluding carboxylic acids is 1. The number of amides is 2. The van der Waals surface area contributed by atoms with E-state index in [0.29, 0.717) is 0 Å². The number of urea groups is 1. The van der Waals surface area contributed by atoms with E-state index in [-0.39, 0.29) is 12.6 Å². The number of rotatable bonds is 5. The average molecular weight is 344 g/mol. The molecule has 4 nitrogen and oxygen atoms in total. The molecule has 0 aliphatic heterocycles. The third-order valence-corrected chi connectivity index (χ3v) is 4.83. The van der Waals surface area contributed by atoms with Crippen molar-refractivity contribution in [3.63, 3.8) is 0 Å². The lowest BCUT2D eigenvalue weighted by atomic mass is 10.0. The maximum atomic E-state index is 11.7. The molecular formula is C17H16N2O2S2. The van der Waals surface area contributed by atoms with E-state index < -0.39 is 6.10 Å². The summed E-state index contributed by atoms with van der Waals surface area (Å²) in [4.78, 5) is 11.7. The fourth-order valence-corrected chi connectivity index (χ4v) is 3.42. The first-order valence-electron chi connectivity index (χ1n) is 7.11. The first-order chi connectivity index (χ1) is 11.2. The second kappa shape index (κ2) is 7.41. The van der Waals surface area contributed by atoms with E-state index in [0.717, 1.165) is 16.1 Å². The van der Waals surface area contributed by atoms with Crippen molar-refractivity contribution in [3.8, 4) is 11.1 Å². The van der Waals surface area contributed by atoms with E-state index in [1.54, 1.807) is 11.3 Å². The van der Waals surface area contributed by atoms with Crippen molar-refractivity contribution in [2.45, 2.75) is 6.10 Å². The van der Waals surface area contributed by atoms with Crippen LogP contribution in [-0.4, -0.2) is 17.7 Å². The molecule has 0 saturated heterocycles. The van der Waals surface area contributed by atoms with Crippen molar-refractivity contribution in [2.24, 2.45) is 0 Å². The Bertz CT molecular complexity index is 738. The predicted octanol–water partition coefficient (Wildman–Crippen LogP) is 4.33. The third kappa shape index (κ3) is 4.19. The fraction of sp³-hybridized carbons (Fsp3) is 0.118. The number of hydrogen-bond acceptors (Lipinski definition) is 4. The fourth-order valence-electron chi connectivity index (χ4n) is 2.14. The molecule has 1 aromatic carbocycles. The largest absolute Gasteiger partial charge is 0.387 e. The van der Waals surface area contributed by atoms with Crippen LogP contribution < -0.4 is 10.6 Å². The highest BCUT2D eigenvalue weighted by molar-refractivity contribution is 7.14. The van der Waals surface area contributed by atoms with Gasteiger partial charge in [-0.25, -0.2) is 4.79 Å². The first kappa shape index (κ1) is 15.7. The monoisotopic (exact) mass is 344 g/mol. The summed E-state index contributed by atoms with van der Waals surface area (Å²) in [5.41, 5.74) is 3.07. The number of aliphatic hydroxyl groups is 1. The molecule has 0 bridgehead atoms. The molecule has 2 amide bonds. The average Bonchev–Trinajstić information content (AvgIpc) is 3.26. The number of hydrogen-bond donors (Lipinski definition) is 3. The quantitative estimate of drug-likeness (QED) is 0.645. The van der Waals surface area contributed by atoms with Gasteiger partial charge < -0.3 is 10.4 Å². The molecule has 3 aromatic rings. The second-order valence-electron chi connectivity index (χ2n) is 4.96. The maximum absolute atomic E-state index is 11.7. The van der Waals surface area contributed by atoms with E-state index >= 15 is 0 Å². The summed E-state index contributed by atoms with van der Waals surface area (Å²) in [6, 6.07) is 13.2. The van der Waals surface area contributed by atoms with Crippen LogP contribution >= 0.6 is 22.7 Å². The summed E-state index contributed by atoms with van der Waals surface area (Å²) in [5.74, 6) is 0. The van der Waals surface area contributed by atoms with Gasteiger partial charge >= 0.3 is 6.03 Å². The smallest absolute Gasteiger partial charge is 0.319 e. The molecule has 2 aromatic heterocycles. The van der Waals surface area contributed by atoms with Crippen molar-refractivity contribution in [2.75, 3.05) is 11.9 Å². The zero-order valence-electron chi connectivity index (χ0n) is 12.2. The van der Waals surface area contributed by atoms with Gasteiger partial charge in [0.25, 0.3) is 0 Å². The number of thiophene rings is 2. The van der Waals surface area contributed by atoms with Crippen LogP contribution in [0.1, 0.15) is 11.7 Å². The normalized spacial score (nSPS) is 11.9. The van der Waals surface area contributed by atoms with Gasteiger partial charge in [0.05, 0.1) is 11.1 Å². The predicted molar refractivity (Wildman–Crippen MR) is 96.1 cm³/mol. The van der Waals surface area contributed by atoms with Crippen molar-refractivity contribution in [1.29, 1.82) is 0 Å². The van der Waals surface area contributed by atoms with Gasteiger partial charge in [0.1, 0.15) is 0 Å². The number of aliphatic hydroxyl groups excluding tert-OH is 1. The van der Waals surface area contributed by atoms with Crippen LogP contribution in [-0.2, 0) is 0 Å². The molecule has 3 rings (SSSR count). The van der Waals surface area contributed by atoms with E-state index in [9.17, 15) is 9.90 Å². The van der Waals surface area contributed by atoms with Crippen LogP contribution in [0.3, 0.4) is 0 Å². The molecule has 0 aliphatic carbocycles. The van der Waals surface area contributed by atoms with Crippen LogP contribution in [0.25, 0.3) is 11.1 Å². The van der Waals surface area contributed by atoms with Crippen LogP contribution in [0, 0.1) is 0 Å². The van der Waals surface area contributed by atoms with Crippen LogP contribution in [0.2, 0.25) is 0 Å². The standard InChI is InChI=1S/C17H16N2O2S2/c20-15(10-18-17(21)19-16-2-1-8-23-16)13-5-3-12(4-6-13)14-7-9-22-11-14/h1-9,11,15,20H,10H2,(H2,18,19,21). The third-order valence-electron chi connectivity index (χ3n) is 3.36. The number of carbonyl (C=O) groups is 1. The Morgan fingerprint density at radius 1 is 1.09 bits per heavy atom. The Hall–Kier alpha value is -2.15. The summed E-state index contributed by atoms with van der Waals surface area (Å²) >= 11 is 3.10. The Morgan fingerprint density at radius 2 is 1.91 bits per heavy atom. The topological polar surface area (TPSA) is 61.4 Å². The van der Waals surface area contributed by atoms with Crippen LogP contribution in [0.15, 0.2) is 58.6 Å². The minimum absolute atomic E-state index is 0.162. The molecule has 3 N–H and O–H groups in total. The molecule has 0 spiro atoms. The number of nitrogens with one attached hydrogen (secondary N) is 2. The van der Waals surface area contributed by atoms with Crippen molar-refractivity contribution in [3.05, 3.63) is 64.2 Å². The summed E-state index contributed by atoms with van der Waals surface area (Å²) in [7, 11) is 0. The molecule has 0 radical (unpaired) electrons. The SMILES string of the molecule is O=C(NCC(O)c1ccc(-c2ccsc2)cc1)Nc1cccs1. The van der Waals surface area contributed by atoms with Crippen molar-refractivity contribution in [1.82, 2.24) is 5.32 Å². The van der Waals surface area contributed by atoms with Gasteiger partial charge in [0.2, 0.25) is 0 Å². The lowest BCUT2D eigenvalue weighted by Gasteiger charge is -2.13. The summed E-state index contributed by atoms with van der Waals surface area (Å²) in [6.45, 7) is 0.162. The highest BCUT2D eigenvalue weighted by Crippen LogP contribution is 2.24. The van der Waals surface area contributed by atoms with Gasteiger partial charge in [0.15, 0.2) is 0 Å². The van der Waals surface area contributed by atoms with Crippen molar-refractivity contribution < 1.29 is 9.90 Å². The van der Waals surface area contributed by atoms with Gasteiger partial charge in [0, 0.05) is 6.54 Å². The zero-order valence-corrected chi connectivity index (χ0v) is 13.9. The Kier molecular flexibility index (Phi) is 5.07. The van der Waals surface area contributed by atoms with Gasteiger partial charge in [-0.1, -0.05) is 24.3 Å². The lowest BCUT2D eigenvalue weighted by molar-refractivity contribution is 0.175. The van der Waals surface area contributed by atoms with Crippen molar-refractivity contribution >= 4 is 33.7 Å². The van der Waals surface area contributed by atoms with Gasteiger partial charge in [-0.2, -0.15) is 11.3 Å². The first-order valence-corrected chi connectivity index (χ1v) is 8.93. The molecule has 118 valence electrons. The summed E-state index contributed by atoms with van der Waals surface area (Å²) < 4.78 is 0. The summed E-state index contributed by atoms with van der Waals surface area (Å²) in [5, 5.41) is 22.3. The van der Waals surface area contributed by atoms with E-state index in [1.807, 2.05) is 47.2 Å². The van der Waals surface area contributed by atoms with Gasteiger partial charge in [-0.15, -0.1) is 11.3 Å². The highest BCUT2D eigenvalue weighted by Gasteiger charge is 2.10. The zero-order chi connectivity index (χ0) is 16.1. The van der Waals surface area contributed by atoms with E-state index in [1.165, 1.54) is 16.9 Å². The minimum atomic E-state index is -0.736. The summed E-state index contributed by atoms with van der Waals surface area (Å²) in [6.07, 6.45) is -0.736. The molecule has 23 heavy (non-hydrogen) atoms. The van der Waals surface area contributed by atoms with Crippen LogP contribution in [0.5, 0.6) is 0 Å². The molecule has 0 saturated carbocycles. The molecule has 2 heterocycles. The Labute approximate surface area is 142 Å². The molecular weight excluding hydrogens is 328 g/mol. The minimum Gasteiger partial charge on any atom is -0.387 e. The Morgan fingerprint density at radius 3 is 2.57 bits per heavy atom. The Balaban J connectivity index is 1.53. The van der Waals surface area contributed by atoms with Gasteiger partial charge in [-0.05, 0) is 51.0 Å². The molecule has 6 heteroatoms. The van der Waals surface area contributed by atoms with E-state index in [4.69, 9.17) is 0 Å². The van der Waals surface area contributed by atoms with Gasteiger partial charge in [-0.3, -0.25) is 5.32 Å². The maximum Gasteiger partial charge on any atom is 0.319 e. The second-order valence-corrected chi connectivity index (χ2v) is 6.69. The molecule has 1 unspecified atom stereocenters. The number of anilines is 1.